The molecule has 1 N–H and O–H groups in total. The van der Waals surface area contributed by atoms with Crippen LogP contribution >= 0.6 is 0 Å². The highest BCUT2D eigenvalue weighted by molar-refractivity contribution is 5.73. The van der Waals surface area contributed by atoms with Crippen LogP contribution in [0.2, 0.25) is 0 Å². The third-order valence-electron chi connectivity index (χ3n) is 4.80. The maximum Gasteiger partial charge on any atom is 0.132 e. The van der Waals surface area contributed by atoms with Gasteiger partial charge in [0.25, 0.3) is 0 Å². The number of ether oxygens (including phenoxy) is 2. The first-order valence-corrected chi connectivity index (χ1v) is 10.3. The first-order valence-electron chi connectivity index (χ1n) is 10.3. The lowest BCUT2D eigenvalue weighted by Gasteiger charge is -2.22. The summed E-state index contributed by atoms with van der Waals surface area (Å²) in [5, 5.41) is 7.56. The SMILES string of the molecule is C=C/C(=C\c1c(-c2cc(N3CCCCCOCC3)ncn2)n[nH]c1C)OC(C)C. The zero-order chi connectivity index (χ0) is 20.6. The fourth-order valence-electron chi connectivity index (χ4n) is 3.32. The molecule has 156 valence electrons. The molecule has 1 fully saturated rings. The first-order chi connectivity index (χ1) is 14.1. The molecule has 0 radical (unpaired) electrons. The van der Waals surface area contributed by atoms with Crippen molar-refractivity contribution in [1.82, 2.24) is 20.2 Å². The van der Waals surface area contributed by atoms with Gasteiger partial charge in [-0.3, -0.25) is 5.10 Å². The lowest BCUT2D eigenvalue weighted by molar-refractivity contribution is 0.139. The van der Waals surface area contributed by atoms with E-state index in [4.69, 9.17) is 9.47 Å². The van der Waals surface area contributed by atoms with Crippen LogP contribution < -0.4 is 4.90 Å². The average molecular weight is 398 g/mol. The Balaban J connectivity index is 1.91. The molecule has 0 atom stereocenters. The molecule has 2 aromatic heterocycles. The largest absolute Gasteiger partial charge is 0.491 e. The number of hydrogen-bond donors (Lipinski definition) is 1. The summed E-state index contributed by atoms with van der Waals surface area (Å²) in [5.41, 5.74) is 3.44. The zero-order valence-corrected chi connectivity index (χ0v) is 17.6. The highest BCUT2D eigenvalue weighted by atomic mass is 16.5. The summed E-state index contributed by atoms with van der Waals surface area (Å²) in [4.78, 5) is 11.3. The molecule has 29 heavy (non-hydrogen) atoms. The van der Waals surface area contributed by atoms with Gasteiger partial charge in [0.2, 0.25) is 0 Å². The van der Waals surface area contributed by atoms with E-state index in [9.17, 15) is 0 Å². The average Bonchev–Trinajstić information content (AvgIpc) is 3.13. The molecular formula is C22H31N5O2. The minimum absolute atomic E-state index is 0.0685. The maximum atomic E-state index is 5.82. The van der Waals surface area contributed by atoms with E-state index in [-0.39, 0.29) is 6.10 Å². The van der Waals surface area contributed by atoms with Gasteiger partial charge in [-0.15, -0.1) is 0 Å². The van der Waals surface area contributed by atoms with Gasteiger partial charge < -0.3 is 14.4 Å². The van der Waals surface area contributed by atoms with E-state index in [1.807, 2.05) is 32.9 Å². The van der Waals surface area contributed by atoms with Crippen LogP contribution in [0.3, 0.4) is 0 Å². The Morgan fingerprint density at radius 2 is 2.10 bits per heavy atom. The van der Waals surface area contributed by atoms with Crippen LogP contribution in [0, 0.1) is 6.92 Å². The van der Waals surface area contributed by atoms with Crippen molar-refractivity contribution in [3.05, 3.63) is 42.1 Å². The standard InChI is InChI=1S/C22H31N5O2/c1-5-18(29-16(2)3)13-19-17(4)25-26-22(19)20-14-21(24-15-23-20)27-9-7-6-8-11-28-12-10-27/h5,13-16H,1,6-12H2,2-4H3,(H,25,26)/b18-13+. The Kier molecular flexibility index (Phi) is 7.41. The fraction of sp³-hybridized carbons (Fsp3) is 0.500. The van der Waals surface area contributed by atoms with Crippen molar-refractivity contribution in [3.63, 3.8) is 0 Å². The highest BCUT2D eigenvalue weighted by Crippen LogP contribution is 2.27. The van der Waals surface area contributed by atoms with Crippen LogP contribution in [0.4, 0.5) is 5.82 Å². The van der Waals surface area contributed by atoms with Crippen LogP contribution in [0.25, 0.3) is 17.5 Å². The molecule has 0 bridgehead atoms. The summed E-state index contributed by atoms with van der Waals surface area (Å²) >= 11 is 0. The van der Waals surface area contributed by atoms with Gasteiger partial charge in [0, 0.05) is 37.0 Å². The normalized spacial score (nSPS) is 16.3. The van der Waals surface area contributed by atoms with Crippen molar-refractivity contribution >= 4 is 11.9 Å². The summed E-state index contributed by atoms with van der Waals surface area (Å²) in [6.07, 6.45) is 8.76. The number of hydrogen-bond acceptors (Lipinski definition) is 6. The summed E-state index contributed by atoms with van der Waals surface area (Å²) in [7, 11) is 0. The second kappa shape index (κ2) is 10.2. The van der Waals surface area contributed by atoms with Gasteiger partial charge in [-0.1, -0.05) is 6.58 Å². The lowest BCUT2D eigenvalue weighted by Crippen LogP contribution is -2.28. The van der Waals surface area contributed by atoms with Crippen LogP contribution in [-0.2, 0) is 9.47 Å². The summed E-state index contributed by atoms with van der Waals surface area (Å²) in [6, 6.07) is 2.00. The Morgan fingerprint density at radius 3 is 2.90 bits per heavy atom. The molecule has 1 aliphatic heterocycles. The number of aryl methyl sites for hydroxylation is 1. The molecule has 0 aliphatic carbocycles. The molecule has 2 aromatic rings. The number of H-pyrrole nitrogens is 1. The zero-order valence-electron chi connectivity index (χ0n) is 17.6. The molecule has 1 saturated heterocycles. The summed E-state index contributed by atoms with van der Waals surface area (Å²) < 4.78 is 11.5. The third-order valence-corrected chi connectivity index (χ3v) is 4.80. The van der Waals surface area contributed by atoms with Crippen molar-refractivity contribution in [2.45, 2.75) is 46.1 Å². The van der Waals surface area contributed by atoms with Crippen molar-refractivity contribution in [2.24, 2.45) is 0 Å². The second-order valence-electron chi connectivity index (χ2n) is 7.45. The van der Waals surface area contributed by atoms with Crippen LogP contribution in [0.5, 0.6) is 0 Å². The van der Waals surface area contributed by atoms with Gasteiger partial charge in [-0.2, -0.15) is 5.10 Å². The molecule has 3 rings (SSSR count). The molecule has 3 heterocycles. The van der Waals surface area contributed by atoms with Crippen molar-refractivity contribution < 1.29 is 9.47 Å². The highest BCUT2D eigenvalue weighted by Gasteiger charge is 2.16. The predicted octanol–water partition coefficient (Wildman–Crippen LogP) is 4.13. The van der Waals surface area contributed by atoms with Crippen molar-refractivity contribution in [1.29, 1.82) is 0 Å². The summed E-state index contributed by atoms with van der Waals surface area (Å²) in [5.74, 6) is 1.61. The molecule has 0 saturated carbocycles. The quantitative estimate of drug-likeness (QED) is 0.583. The van der Waals surface area contributed by atoms with E-state index in [0.29, 0.717) is 12.4 Å². The number of nitrogens with one attached hydrogen (secondary N) is 1. The van der Waals surface area contributed by atoms with Crippen molar-refractivity contribution in [2.75, 3.05) is 31.2 Å². The Labute approximate surface area is 172 Å². The first kappa shape index (κ1) is 21.0. The van der Waals surface area contributed by atoms with Gasteiger partial charge >= 0.3 is 0 Å². The van der Waals surface area contributed by atoms with E-state index >= 15 is 0 Å². The van der Waals surface area contributed by atoms with Gasteiger partial charge in [0.1, 0.15) is 23.6 Å². The molecule has 0 unspecified atom stereocenters. The molecular weight excluding hydrogens is 366 g/mol. The second-order valence-corrected chi connectivity index (χ2v) is 7.45. The van der Waals surface area contributed by atoms with Gasteiger partial charge in [0.15, 0.2) is 0 Å². The van der Waals surface area contributed by atoms with Crippen LogP contribution in [-0.4, -0.2) is 52.6 Å². The van der Waals surface area contributed by atoms with E-state index in [1.165, 1.54) is 6.42 Å². The number of rotatable bonds is 6. The third kappa shape index (κ3) is 5.67. The monoisotopic (exact) mass is 397 g/mol. The van der Waals surface area contributed by atoms with E-state index in [2.05, 4.69) is 31.6 Å². The lowest BCUT2D eigenvalue weighted by atomic mass is 10.1. The topological polar surface area (TPSA) is 76.2 Å². The van der Waals surface area contributed by atoms with E-state index < -0.39 is 0 Å². The number of allylic oxidation sites excluding steroid dienone is 1. The molecule has 7 nitrogen and oxygen atoms in total. The number of aromatic nitrogens is 4. The van der Waals surface area contributed by atoms with Gasteiger partial charge in [-0.25, -0.2) is 9.97 Å². The smallest absolute Gasteiger partial charge is 0.132 e. The van der Waals surface area contributed by atoms with E-state index in [0.717, 1.165) is 61.0 Å². The number of nitrogens with zero attached hydrogens (tertiary/aromatic N) is 4. The predicted molar refractivity (Wildman–Crippen MR) is 116 cm³/mol. The number of aromatic amines is 1. The fourth-order valence-corrected chi connectivity index (χ4v) is 3.32. The number of anilines is 1. The Hall–Kier alpha value is -2.67. The maximum absolute atomic E-state index is 5.82. The van der Waals surface area contributed by atoms with Crippen LogP contribution in [0.1, 0.15) is 44.4 Å². The van der Waals surface area contributed by atoms with Gasteiger partial charge in [0.05, 0.1) is 18.4 Å². The minimum Gasteiger partial charge on any atom is -0.491 e. The summed E-state index contributed by atoms with van der Waals surface area (Å²) in [6.45, 7) is 13.2. The molecule has 0 aromatic carbocycles. The molecule has 0 amide bonds. The van der Waals surface area contributed by atoms with E-state index in [1.54, 1.807) is 12.4 Å². The van der Waals surface area contributed by atoms with Crippen LogP contribution in [0.15, 0.2) is 30.8 Å². The Bertz CT molecular complexity index is 833. The minimum atomic E-state index is 0.0685. The van der Waals surface area contributed by atoms with Crippen molar-refractivity contribution in [3.8, 4) is 11.4 Å². The van der Waals surface area contributed by atoms with Gasteiger partial charge in [-0.05, 0) is 52.2 Å². The molecule has 0 spiro atoms. The molecule has 1 aliphatic rings. The molecule has 7 heteroatoms. The Morgan fingerprint density at radius 1 is 1.24 bits per heavy atom.